The highest BCUT2D eigenvalue weighted by atomic mass is 35.6. The summed E-state index contributed by atoms with van der Waals surface area (Å²) >= 11 is 14.4. The molecular formula is C5H8Cl3NO. The molecule has 0 radical (unpaired) electrons. The number of hydrogen-bond acceptors (Lipinski definition) is 1. The zero-order chi connectivity index (χ0) is 7.98. The van der Waals surface area contributed by atoms with Crippen LogP contribution in [0.5, 0.6) is 0 Å². The normalized spacial score (nSPS) is 16.2. The predicted octanol–water partition coefficient (Wildman–Crippen LogP) is 1.88. The van der Waals surface area contributed by atoms with E-state index in [9.17, 15) is 4.79 Å². The Hall–Kier alpha value is 0.340. The topological polar surface area (TPSA) is 29.1 Å². The Labute approximate surface area is 74.8 Å². The van der Waals surface area contributed by atoms with Crippen molar-refractivity contribution in [2.75, 3.05) is 6.54 Å². The molecule has 0 aromatic rings. The van der Waals surface area contributed by atoms with Gasteiger partial charge in [-0.05, 0) is 6.42 Å². The fourth-order valence-electron chi connectivity index (χ4n) is 0.565. The van der Waals surface area contributed by atoms with Gasteiger partial charge in [0.25, 0.3) is 0 Å². The Bertz CT molecular complexity index is 96.3. The summed E-state index contributed by atoms with van der Waals surface area (Å²) < 4.78 is -0.750. The number of amides is 1. The maximum atomic E-state index is 10.1. The number of alkyl halides is 3. The molecule has 0 aromatic heterocycles. The van der Waals surface area contributed by atoms with Crippen LogP contribution in [0.2, 0.25) is 0 Å². The van der Waals surface area contributed by atoms with Gasteiger partial charge in [0.15, 0.2) is 4.30 Å². The molecule has 1 fully saturated rings. The number of nitrogens with one attached hydrogen (secondary N) is 1. The van der Waals surface area contributed by atoms with Crippen LogP contribution in [-0.4, -0.2) is 16.7 Å². The lowest BCUT2D eigenvalue weighted by Gasteiger charge is -1.80. The summed E-state index contributed by atoms with van der Waals surface area (Å²) in [5, 5.41) is 2.68. The Morgan fingerprint density at radius 2 is 1.90 bits per heavy atom. The van der Waals surface area contributed by atoms with E-state index in [0.29, 0.717) is 0 Å². The lowest BCUT2D eigenvalue weighted by Crippen LogP contribution is -2.12. The van der Waals surface area contributed by atoms with Crippen LogP contribution >= 0.6 is 34.8 Å². The zero-order valence-corrected chi connectivity index (χ0v) is 7.51. The van der Waals surface area contributed by atoms with Gasteiger partial charge in [-0.15, -0.1) is 0 Å². The van der Waals surface area contributed by atoms with Crippen LogP contribution in [-0.2, 0) is 4.79 Å². The van der Waals surface area contributed by atoms with E-state index in [2.05, 4.69) is 5.32 Å². The standard InChI is InChI=1S/C4H7NO.CHCl3/c6-4-2-1-3-5-4;2-1(3)4/h1-3H2,(H,5,6);1H. The highest BCUT2D eigenvalue weighted by Gasteiger charge is 2.05. The molecule has 0 saturated carbocycles. The van der Waals surface area contributed by atoms with Crippen molar-refractivity contribution >= 4 is 40.7 Å². The first-order valence-corrected chi connectivity index (χ1v) is 4.13. The molecule has 1 saturated heterocycles. The van der Waals surface area contributed by atoms with E-state index in [-0.39, 0.29) is 5.91 Å². The van der Waals surface area contributed by atoms with Crippen molar-refractivity contribution in [2.24, 2.45) is 0 Å². The van der Waals surface area contributed by atoms with Gasteiger partial charge in [0, 0.05) is 13.0 Å². The zero-order valence-electron chi connectivity index (χ0n) is 5.24. The second-order valence-electron chi connectivity index (χ2n) is 1.70. The van der Waals surface area contributed by atoms with E-state index in [1.807, 2.05) is 0 Å². The van der Waals surface area contributed by atoms with Crippen LogP contribution in [0.25, 0.3) is 0 Å². The Kier molecular flexibility index (Phi) is 6.28. The van der Waals surface area contributed by atoms with Crippen molar-refractivity contribution in [3.05, 3.63) is 0 Å². The molecule has 1 rings (SSSR count). The molecule has 60 valence electrons. The quantitative estimate of drug-likeness (QED) is 0.600. The number of carbonyl (C=O) groups is 1. The lowest BCUT2D eigenvalue weighted by atomic mass is 10.4. The molecule has 0 bridgehead atoms. The summed E-state index contributed by atoms with van der Waals surface area (Å²) in [6, 6.07) is 0. The van der Waals surface area contributed by atoms with Crippen molar-refractivity contribution in [3.63, 3.8) is 0 Å². The van der Waals surface area contributed by atoms with E-state index in [0.717, 1.165) is 19.4 Å². The Balaban J connectivity index is 0.000000180. The third-order valence-corrected chi connectivity index (χ3v) is 0.903. The van der Waals surface area contributed by atoms with Gasteiger partial charge in [0.1, 0.15) is 0 Å². The van der Waals surface area contributed by atoms with Gasteiger partial charge in [-0.2, -0.15) is 0 Å². The summed E-state index contributed by atoms with van der Waals surface area (Å²) in [4.78, 5) is 10.1. The second kappa shape index (κ2) is 6.08. The molecule has 0 spiro atoms. The lowest BCUT2D eigenvalue weighted by molar-refractivity contribution is -0.119. The van der Waals surface area contributed by atoms with Crippen LogP contribution in [0, 0.1) is 0 Å². The van der Waals surface area contributed by atoms with Gasteiger partial charge in [-0.3, -0.25) is 4.79 Å². The molecule has 1 amide bonds. The van der Waals surface area contributed by atoms with E-state index < -0.39 is 4.30 Å². The molecule has 0 atom stereocenters. The van der Waals surface area contributed by atoms with Gasteiger partial charge in [-0.1, -0.05) is 34.8 Å². The summed E-state index contributed by atoms with van der Waals surface area (Å²) in [6.07, 6.45) is 1.76. The van der Waals surface area contributed by atoms with Crippen LogP contribution in [0.3, 0.4) is 0 Å². The average Bonchev–Trinajstić information content (AvgIpc) is 2.15. The number of halogens is 3. The molecule has 1 aliphatic rings. The highest BCUT2D eigenvalue weighted by molar-refractivity contribution is 6.63. The molecule has 1 heterocycles. The van der Waals surface area contributed by atoms with Gasteiger partial charge in [0.05, 0.1) is 0 Å². The molecule has 0 aromatic carbocycles. The summed E-state index contributed by atoms with van der Waals surface area (Å²) in [6.45, 7) is 0.888. The van der Waals surface area contributed by atoms with Crippen molar-refractivity contribution in [1.29, 1.82) is 0 Å². The maximum Gasteiger partial charge on any atom is 0.220 e. The predicted molar refractivity (Wildman–Crippen MR) is 43.6 cm³/mol. The maximum absolute atomic E-state index is 10.1. The van der Waals surface area contributed by atoms with Crippen LogP contribution < -0.4 is 5.32 Å². The van der Waals surface area contributed by atoms with Crippen molar-refractivity contribution in [3.8, 4) is 0 Å². The molecule has 0 aliphatic carbocycles. The minimum atomic E-state index is -0.750. The minimum Gasteiger partial charge on any atom is -0.356 e. The fraction of sp³-hybridized carbons (Fsp3) is 0.800. The molecule has 1 aliphatic heterocycles. The Morgan fingerprint density at radius 1 is 1.40 bits per heavy atom. The van der Waals surface area contributed by atoms with Gasteiger partial charge < -0.3 is 5.32 Å². The average molecular weight is 204 g/mol. The first-order valence-electron chi connectivity index (χ1n) is 2.82. The number of hydrogen-bond donors (Lipinski definition) is 1. The SMILES string of the molecule is ClC(Cl)Cl.O=C1CCCN1. The summed E-state index contributed by atoms with van der Waals surface area (Å²) in [5.41, 5.74) is 0. The molecule has 2 nitrogen and oxygen atoms in total. The van der Waals surface area contributed by atoms with Gasteiger partial charge >= 0.3 is 0 Å². The van der Waals surface area contributed by atoms with Crippen LogP contribution in [0.4, 0.5) is 0 Å². The van der Waals surface area contributed by atoms with E-state index in [1.54, 1.807) is 0 Å². The summed E-state index contributed by atoms with van der Waals surface area (Å²) in [7, 11) is 0. The largest absolute Gasteiger partial charge is 0.356 e. The van der Waals surface area contributed by atoms with E-state index in [1.165, 1.54) is 0 Å². The summed E-state index contributed by atoms with van der Waals surface area (Å²) in [5.74, 6) is 0.204. The molecule has 5 heteroatoms. The van der Waals surface area contributed by atoms with E-state index in [4.69, 9.17) is 34.8 Å². The molecule has 10 heavy (non-hydrogen) atoms. The second-order valence-corrected chi connectivity index (χ2v) is 3.68. The van der Waals surface area contributed by atoms with Crippen molar-refractivity contribution in [1.82, 2.24) is 5.32 Å². The number of rotatable bonds is 0. The first kappa shape index (κ1) is 10.3. The third kappa shape index (κ3) is 8.34. The minimum absolute atomic E-state index is 0.204. The molecular weight excluding hydrogens is 196 g/mol. The highest BCUT2D eigenvalue weighted by Crippen LogP contribution is 2.03. The van der Waals surface area contributed by atoms with Gasteiger partial charge in [-0.25, -0.2) is 0 Å². The van der Waals surface area contributed by atoms with Crippen molar-refractivity contribution in [2.45, 2.75) is 17.1 Å². The molecule has 0 unspecified atom stereocenters. The molecule has 1 N–H and O–H groups in total. The Morgan fingerprint density at radius 3 is 2.00 bits per heavy atom. The monoisotopic (exact) mass is 203 g/mol. The van der Waals surface area contributed by atoms with Crippen molar-refractivity contribution < 1.29 is 4.79 Å². The number of carbonyl (C=O) groups excluding carboxylic acids is 1. The first-order chi connectivity index (χ1) is 4.63. The van der Waals surface area contributed by atoms with E-state index >= 15 is 0 Å². The van der Waals surface area contributed by atoms with Crippen LogP contribution in [0.15, 0.2) is 0 Å². The van der Waals surface area contributed by atoms with Crippen LogP contribution in [0.1, 0.15) is 12.8 Å². The fourth-order valence-corrected chi connectivity index (χ4v) is 0.565. The van der Waals surface area contributed by atoms with Gasteiger partial charge in [0.2, 0.25) is 5.91 Å². The third-order valence-electron chi connectivity index (χ3n) is 0.903. The smallest absolute Gasteiger partial charge is 0.220 e.